The van der Waals surface area contributed by atoms with Gasteiger partial charge in [0.05, 0.1) is 16.8 Å². The van der Waals surface area contributed by atoms with Gasteiger partial charge in [-0.1, -0.05) is 32.4 Å². The molecule has 7 nitrogen and oxygen atoms in total. The van der Waals surface area contributed by atoms with Crippen LogP contribution in [0.3, 0.4) is 0 Å². The molecule has 0 radical (unpaired) electrons. The summed E-state index contributed by atoms with van der Waals surface area (Å²) in [6.07, 6.45) is 0.970. The molecular weight excluding hydrogens is 344 g/mol. The number of hydrogen-bond donors (Lipinski definition) is 3. The van der Waals surface area contributed by atoms with Crippen LogP contribution in [0.5, 0.6) is 0 Å². The molecule has 0 fully saturated rings. The van der Waals surface area contributed by atoms with E-state index in [9.17, 15) is 18.0 Å². The fraction of sp³-hybridized carbons (Fsp3) is 0.429. The Bertz CT molecular complexity index is 725. The fourth-order valence-corrected chi connectivity index (χ4v) is 2.97. The highest BCUT2D eigenvalue weighted by Crippen LogP contribution is 2.24. The van der Waals surface area contributed by atoms with Crippen molar-refractivity contribution in [2.24, 2.45) is 5.41 Å². The van der Waals surface area contributed by atoms with E-state index in [-0.39, 0.29) is 16.3 Å². The van der Waals surface area contributed by atoms with Crippen LogP contribution in [0.4, 0.5) is 5.69 Å². The lowest BCUT2D eigenvalue weighted by molar-refractivity contribution is -0.119. The maximum absolute atomic E-state index is 12.4. The molecule has 0 aromatic heterocycles. The van der Waals surface area contributed by atoms with Crippen molar-refractivity contribution in [3.05, 3.63) is 28.8 Å². The molecule has 1 atom stereocenters. The van der Waals surface area contributed by atoms with Crippen molar-refractivity contribution in [3.63, 3.8) is 0 Å². The number of halogens is 1. The predicted octanol–water partition coefficient (Wildman–Crippen LogP) is 1.94. The van der Waals surface area contributed by atoms with E-state index in [0.717, 1.165) is 6.26 Å². The molecule has 1 rings (SSSR count). The molecule has 1 unspecified atom stereocenters. The molecule has 128 valence electrons. The van der Waals surface area contributed by atoms with Gasteiger partial charge in [-0.05, 0) is 23.6 Å². The average molecular weight is 363 g/mol. The maximum Gasteiger partial charge on any atom is 0.337 e. The Balaban J connectivity index is 3.04. The minimum Gasteiger partial charge on any atom is -0.478 e. The van der Waals surface area contributed by atoms with E-state index in [4.69, 9.17) is 16.7 Å². The van der Waals surface area contributed by atoms with Crippen molar-refractivity contribution in [1.82, 2.24) is 4.72 Å². The summed E-state index contributed by atoms with van der Waals surface area (Å²) in [6, 6.07) is 2.93. The van der Waals surface area contributed by atoms with Crippen LogP contribution in [0.1, 0.15) is 31.1 Å². The largest absolute Gasteiger partial charge is 0.478 e. The Labute approximate surface area is 140 Å². The molecule has 3 N–H and O–H groups in total. The lowest BCUT2D eigenvalue weighted by Crippen LogP contribution is -2.51. The van der Waals surface area contributed by atoms with Gasteiger partial charge in [0.1, 0.15) is 6.04 Å². The molecule has 1 aromatic carbocycles. The first-order valence-electron chi connectivity index (χ1n) is 6.62. The number of benzene rings is 1. The van der Waals surface area contributed by atoms with Crippen LogP contribution >= 0.6 is 11.6 Å². The number of sulfonamides is 1. The summed E-state index contributed by atoms with van der Waals surface area (Å²) < 4.78 is 25.2. The second-order valence-corrected chi connectivity index (χ2v) is 8.37. The topological polar surface area (TPSA) is 113 Å². The van der Waals surface area contributed by atoms with Gasteiger partial charge in [0.25, 0.3) is 0 Å². The Kier molecular flexibility index (Phi) is 5.79. The number of carbonyl (C=O) groups is 2. The summed E-state index contributed by atoms with van der Waals surface area (Å²) in [4.78, 5) is 23.3. The van der Waals surface area contributed by atoms with Crippen LogP contribution in [0.25, 0.3) is 0 Å². The summed E-state index contributed by atoms with van der Waals surface area (Å²) >= 11 is 5.84. The molecule has 0 spiro atoms. The van der Waals surface area contributed by atoms with Crippen molar-refractivity contribution in [3.8, 4) is 0 Å². The molecule has 0 aliphatic heterocycles. The third-order valence-electron chi connectivity index (χ3n) is 2.93. The van der Waals surface area contributed by atoms with Crippen molar-refractivity contribution in [2.45, 2.75) is 26.8 Å². The molecule has 0 saturated carbocycles. The minimum atomic E-state index is -3.58. The molecule has 9 heteroatoms. The third kappa shape index (κ3) is 5.81. The number of anilines is 1. The molecule has 1 aromatic rings. The number of carboxylic acid groups (broad SMARTS) is 1. The lowest BCUT2D eigenvalue weighted by Gasteiger charge is -2.29. The van der Waals surface area contributed by atoms with E-state index < -0.39 is 33.4 Å². The van der Waals surface area contributed by atoms with Crippen LogP contribution < -0.4 is 10.0 Å². The van der Waals surface area contributed by atoms with Gasteiger partial charge in [-0.15, -0.1) is 0 Å². The van der Waals surface area contributed by atoms with Gasteiger partial charge in [0.15, 0.2) is 0 Å². The Hall–Kier alpha value is -1.64. The number of amides is 1. The van der Waals surface area contributed by atoms with Gasteiger partial charge >= 0.3 is 5.97 Å². The molecular formula is C14H19ClN2O5S. The van der Waals surface area contributed by atoms with Gasteiger partial charge in [-0.25, -0.2) is 17.9 Å². The number of carbonyl (C=O) groups excluding carboxylic acids is 1. The molecule has 0 aliphatic carbocycles. The maximum atomic E-state index is 12.4. The summed E-state index contributed by atoms with van der Waals surface area (Å²) in [5.41, 5.74) is -0.487. The zero-order valence-corrected chi connectivity index (χ0v) is 14.7. The standard InChI is InChI=1S/C14H19ClN2O5S/c1-14(2,3)11(17-23(4,21)22)12(18)16-8-5-6-9(13(19)20)10(15)7-8/h5-7,11,17H,1-4H3,(H,16,18)(H,19,20). The average Bonchev–Trinajstić information content (AvgIpc) is 2.33. The number of hydrogen-bond acceptors (Lipinski definition) is 4. The van der Waals surface area contributed by atoms with Gasteiger partial charge in [0, 0.05) is 5.69 Å². The summed E-state index contributed by atoms with van der Waals surface area (Å²) in [6.45, 7) is 5.15. The molecule has 0 heterocycles. The number of carboxylic acids is 1. The number of rotatable bonds is 5. The Morgan fingerprint density at radius 1 is 1.26 bits per heavy atom. The van der Waals surface area contributed by atoms with E-state index in [1.54, 1.807) is 20.8 Å². The normalized spacial score (nSPS) is 13.4. The highest BCUT2D eigenvalue weighted by molar-refractivity contribution is 7.88. The van der Waals surface area contributed by atoms with Gasteiger partial charge < -0.3 is 10.4 Å². The van der Waals surface area contributed by atoms with Gasteiger partial charge in [0.2, 0.25) is 15.9 Å². The Morgan fingerprint density at radius 2 is 1.83 bits per heavy atom. The van der Waals surface area contributed by atoms with Crippen molar-refractivity contribution < 1.29 is 23.1 Å². The van der Waals surface area contributed by atoms with Crippen LogP contribution in [0.15, 0.2) is 18.2 Å². The predicted molar refractivity (Wildman–Crippen MR) is 88.3 cm³/mol. The molecule has 0 saturated heterocycles. The summed E-state index contributed by atoms with van der Waals surface area (Å²) in [7, 11) is -3.58. The monoisotopic (exact) mass is 362 g/mol. The number of nitrogens with one attached hydrogen (secondary N) is 2. The van der Waals surface area contributed by atoms with Crippen molar-refractivity contribution in [2.75, 3.05) is 11.6 Å². The minimum absolute atomic E-state index is 0.0290. The molecule has 0 aliphatic rings. The smallest absolute Gasteiger partial charge is 0.337 e. The Morgan fingerprint density at radius 3 is 2.22 bits per heavy atom. The van der Waals surface area contributed by atoms with Gasteiger partial charge in [-0.3, -0.25) is 4.79 Å². The second kappa shape index (κ2) is 6.86. The quantitative estimate of drug-likeness (QED) is 0.740. The fourth-order valence-electron chi connectivity index (χ4n) is 1.82. The van der Waals surface area contributed by atoms with Gasteiger partial charge in [-0.2, -0.15) is 0 Å². The van der Waals surface area contributed by atoms with E-state index in [1.165, 1.54) is 18.2 Å². The van der Waals surface area contributed by atoms with E-state index in [1.807, 2.05) is 0 Å². The molecule has 0 bridgehead atoms. The highest BCUT2D eigenvalue weighted by Gasteiger charge is 2.33. The van der Waals surface area contributed by atoms with Crippen LogP contribution in [0, 0.1) is 5.41 Å². The van der Waals surface area contributed by atoms with E-state index >= 15 is 0 Å². The third-order valence-corrected chi connectivity index (χ3v) is 3.90. The summed E-state index contributed by atoms with van der Waals surface area (Å²) in [5.74, 6) is -1.75. The van der Waals surface area contributed by atoms with Crippen LogP contribution in [-0.4, -0.2) is 37.7 Å². The second-order valence-electron chi connectivity index (χ2n) is 6.18. The van der Waals surface area contributed by atoms with Crippen LogP contribution in [0.2, 0.25) is 5.02 Å². The number of aromatic carboxylic acids is 1. The molecule has 23 heavy (non-hydrogen) atoms. The van der Waals surface area contributed by atoms with E-state index in [2.05, 4.69) is 10.0 Å². The van der Waals surface area contributed by atoms with Crippen molar-refractivity contribution >= 4 is 39.2 Å². The summed E-state index contributed by atoms with van der Waals surface area (Å²) in [5, 5.41) is 11.4. The SMILES string of the molecule is CC(C)(C)C(NS(C)(=O)=O)C(=O)Nc1ccc(C(=O)O)c(Cl)c1. The highest BCUT2D eigenvalue weighted by atomic mass is 35.5. The lowest BCUT2D eigenvalue weighted by atomic mass is 9.87. The van der Waals surface area contributed by atoms with Crippen molar-refractivity contribution in [1.29, 1.82) is 0 Å². The molecule has 1 amide bonds. The zero-order chi connectivity index (χ0) is 18.0. The van der Waals surface area contributed by atoms with Crippen LogP contribution in [-0.2, 0) is 14.8 Å². The zero-order valence-electron chi connectivity index (χ0n) is 13.2. The van der Waals surface area contributed by atoms with E-state index in [0.29, 0.717) is 0 Å². The first-order valence-corrected chi connectivity index (χ1v) is 8.89. The first-order chi connectivity index (χ1) is 10.3. The first kappa shape index (κ1) is 19.4.